The Hall–Kier alpha value is -1.13. The lowest BCUT2D eigenvalue weighted by Gasteiger charge is -2.05. The van der Waals surface area contributed by atoms with E-state index >= 15 is 0 Å². The smallest absolute Gasteiger partial charge is 0.161 e. The molecule has 5 heteroatoms. The Morgan fingerprint density at radius 1 is 1.24 bits per heavy atom. The number of aromatic nitrogens is 2. The fraction of sp³-hybridized carbons (Fsp3) is 0.167. The Labute approximate surface area is 107 Å². The standard InChI is InChI=1S/C12H8ClFN2S/c13-11-9-5-17-6-10(9)15-12(16-11)7-2-1-3-8(14)4-7/h1-4H,5-6H2. The molecule has 0 saturated carbocycles. The monoisotopic (exact) mass is 266 g/mol. The first kappa shape index (κ1) is 11.0. The summed E-state index contributed by atoms with van der Waals surface area (Å²) in [4.78, 5) is 8.67. The van der Waals surface area contributed by atoms with Crippen LogP contribution in [0, 0.1) is 5.82 Å². The molecular formula is C12H8ClFN2S. The highest BCUT2D eigenvalue weighted by atomic mass is 35.5. The molecule has 17 heavy (non-hydrogen) atoms. The van der Waals surface area contributed by atoms with Crippen molar-refractivity contribution in [3.8, 4) is 11.4 Å². The molecule has 3 rings (SSSR count). The minimum absolute atomic E-state index is 0.294. The molecule has 0 unspecified atom stereocenters. The fourth-order valence-electron chi connectivity index (χ4n) is 1.77. The zero-order valence-electron chi connectivity index (χ0n) is 8.78. The number of benzene rings is 1. The Kier molecular flexibility index (Phi) is 2.76. The maximum atomic E-state index is 13.1. The largest absolute Gasteiger partial charge is 0.232 e. The van der Waals surface area contributed by atoms with Crippen LogP contribution in [-0.4, -0.2) is 9.97 Å². The molecule has 2 heterocycles. The topological polar surface area (TPSA) is 25.8 Å². The van der Waals surface area contributed by atoms with Gasteiger partial charge in [-0.25, -0.2) is 14.4 Å². The van der Waals surface area contributed by atoms with Gasteiger partial charge in [-0.2, -0.15) is 11.8 Å². The molecule has 2 aromatic rings. The molecular weight excluding hydrogens is 259 g/mol. The van der Waals surface area contributed by atoms with Crippen molar-refractivity contribution in [1.82, 2.24) is 9.97 Å². The number of hydrogen-bond acceptors (Lipinski definition) is 3. The molecule has 2 nitrogen and oxygen atoms in total. The van der Waals surface area contributed by atoms with E-state index in [0.29, 0.717) is 16.5 Å². The van der Waals surface area contributed by atoms with Gasteiger partial charge in [-0.3, -0.25) is 0 Å². The summed E-state index contributed by atoms with van der Waals surface area (Å²) in [6, 6.07) is 6.24. The normalized spacial score (nSPS) is 13.8. The summed E-state index contributed by atoms with van der Waals surface area (Å²) in [7, 11) is 0. The molecule has 0 bridgehead atoms. The van der Waals surface area contributed by atoms with E-state index in [9.17, 15) is 4.39 Å². The van der Waals surface area contributed by atoms with Gasteiger partial charge in [0, 0.05) is 22.6 Å². The summed E-state index contributed by atoms with van der Waals surface area (Å²) in [5.74, 6) is 1.91. The van der Waals surface area contributed by atoms with Crippen molar-refractivity contribution in [2.75, 3.05) is 0 Å². The third-order valence-corrected chi connectivity index (χ3v) is 3.89. The second kappa shape index (κ2) is 4.27. The summed E-state index contributed by atoms with van der Waals surface area (Å²) in [6.07, 6.45) is 0. The van der Waals surface area contributed by atoms with Gasteiger partial charge in [0.2, 0.25) is 0 Å². The van der Waals surface area contributed by atoms with E-state index in [1.165, 1.54) is 12.1 Å². The quantitative estimate of drug-likeness (QED) is 0.737. The lowest BCUT2D eigenvalue weighted by molar-refractivity contribution is 0.628. The molecule has 1 aromatic carbocycles. The van der Waals surface area contributed by atoms with E-state index < -0.39 is 0 Å². The lowest BCUT2D eigenvalue weighted by atomic mass is 10.2. The number of hydrogen-bond donors (Lipinski definition) is 0. The summed E-state index contributed by atoms with van der Waals surface area (Å²) in [5.41, 5.74) is 2.64. The van der Waals surface area contributed by atoms with Crippen LogP contribution in [0.4, 0.5) is 4.39 Å². The van der Waals surface area contributed by atoms with Crippen molar-refractivity contribution in [1.29, 1.82) is 0 Å². The van der Waals surface area contributed by atoms with Gasteiger partial charge in [-0.1, -0.05) is 23.7 Å². The highest BCUT2D eigenvalue weighted by Crippen LogP contribution is 2.34. The molecule has 0 amide bonds. The van der Waals surface area contributed by atoms with Gasteiger partial charge in [0.15, 0.2) is 5.82 Å². The van der Waals surface area contributed by atoms with Crippen LogP contribution >= 0.6 is 23.4 Å². The average Bonchev–Trinajstić information content (AvgIpc) is 2.77. The Morgan fingerprint density at radius 3 is 2.94 bits per heavy atom. The molecule has 0 fully saturated rings. The predicted octanol–water partition coefficient (Wildman–Crippen LogP) is 3.68. The average molecular weight is 267 g/mol. The number of thioether (sulfide) groups is 1. The molecule has 1 aromatic heterocycles. The van der Waals surface area contributed by atoms with Crippen LogP contribution in [0.15, 0.2) is 24.3 Å². The minimum atomic E-state index is -0.294. The van der Waals surface area contributed by atoms with Crippen LogP contribution in [0.25, 0.3) is 11.4 Å². The zero-order chi connectivity index (χ0) is 11.8. The van der Waals surface area contributed by atoms with E-state index in [4.69, 9.17) is 11.6 Å². The lowest BCUT2D eigenvalue weighted by Crippen LogP contribution is -1.97. The van der Waals surface area contributed by atoms with Gasteiger partial charge < -0.3 is 0 Å². The van der Waals surface area contributed by atoms with Crippen molar-refractivity contribution in [3.05, 3.63) is 46.5 Å². The summed E-state index contributed by atoms with van der Waals surface area (Å²) >= 11 is 7.87. The van der Waals surface area contributed by atoms with Gasteiger partial charge >= 0.3 is 0 Å². The molecule has 86 valence electrons. The van der Waals surface area contributed by atoms with Crippen LogP contribution in [0.5, 0.6) is 0 Å². The Balaban J connectivity index is 2.13. The van der Waals surface area contributed by atoms with E-state index in [-0.39, 0.29) is 5.82 Å². The summed E-state index contributed by atoms with van der Waals surface area (Å²) in [6.45, 7) is 0. The Morgan fingerprint density at radius 2 is 2.12 bits per heavy atom. The highest BCUT2D eigenvalue weighted by Gasteiger charge is 2.19. The highest BCUT2D eigenvalue weighted by molar-refractivity contribution is 7.98. The molecule has 1 aliphatic rings. The second-order valence-electron chi connectivity index (χ2n) is 3.77. The summed E-state index contributed by atoms with van der Waals surface area (Å²) in [5, 5.41) is 0.485. The number of rotatable bonds is 1. The maximum Gasteiger partial charge on any atom is 0.161 e. The van der Waals surface area contributed by atoms with Gasteiger partial charge in [0.1, 0.15) is 11.0 Å². The van der Waals surface area contributed by atoms with Gasteiger partial charge in [0.05, 0.1) is 5.69 Å². The molecule has 0 aliphatic carbocycles. The number of nitrogens with zero attached hydrogens (tertiary/aromatic N) is 2. The van der Waals surface area contributed by atoms with Crippen molar-refractivity contribution >= 4 is 23.4 Å². The zero-order valence-corrected chi connectivity index (χ0v) is 10.4. The Bertz CT molecular complexity index is 589. The van der Waals surface area contributed by atoms with Gasteiger partial charge in [-0.05, 0) is 12.1 Å². The number of halogens is 2. The van der Waals surface area contributed by atoms with Crippen LogP contribution in [0.3, 0.4) is 0 Å². The number of fused-ring (bicyclic) bond motifs is 1. The molecule has 1 aliphatic heterocycles. The van der Waals surface area contributed by atoms with Crippen LogP contribution in [0.2, 0.25) is 5.15 Å². The van der Waals surface area contributed by atoms with E-state index in [0.717, 1.165) is 22.8 Å². The first-order valence-electron chi connectivity index (χ1n) is 5.13. The molecule has 0 N–H and O–H groups in total. The maximum absolute atomic E-state index is 13.1. The van der Waals surface area contributed by atoms with Crippen LogP contribution in [0.1, 0.15) is 11.3 Å². The van der Waals surface area contributed by atoms with Crippen molar-refractivity contribution < 1.29 is 4.39 Å². The van der Waals surface area contributed by atoms with Crippen molar-refractivity contribution in [2.45, 2.75) is 11.5 Å². The molecule has 0 radical (unpaired) electrons. The fourth-order valence-corrected chi connectivity index (χ4v) is 3.15. The van der Waals surface area contributed by atoms with Crippen LogP contribution < -0.4 is 0 Å². The SMILES string of the molecule is Fc1cccc(-c2nc(Cl)c3c(n2)CSC3)c1. The minimum Gasteiger partial charge on any atom is -0.232 e. The third kappa shape index (κ3) is 2.03. The van der Waals surface area contributed by atoms with Gasteiger partial charge in [0.25, 0.3) is 0 Å². The third-order valence-electron chi connectivity index (χ3n) is 2.61. The second-order valence-corrected chi connectivity index (χ2v) is 5.11. The van der Waals surface area contributed by atoms with E-state index in [2.05, 4.69) is 9.97 Å². The van der Waals surface area contributed by atoms with Gasteiger partial charge in [-0.15, -0.1) is 0 Å². The van der Waals surface area contributed by atoms with E-state index in [1.807, 2.05) is 0 Å². The summed E-state index contributed by atoms with van der Waals surface area (Å²) < 4.78 is 13.1. The van der Waals surface area contributed by atoms with Crippen LogP contribution in [-0.2, 0) is 11.5 Å². The van der Waals surface area contributed by atoms with Crippen molar-refractivity contribution in [3.63, 3.8) is 0 Å². The predicted molar refractivity (Wildman–Crippen MR) is 67.4 cm³/mol. The molecule has 0 saturated heterocycles. The first-order chi connectivity index (χ1) is 8.24. The van der Waals surface area contributed by atoms with E-state index in [1.54, 1.807) is 23.9 Å². The molecule has 0 atom stereocenters. The van der Waals surface area contributed by atoms with Crippen molar-refractivity contribution in [2.24, 2.45) is 0 Å². The first-order valence-corrected chi connectivity index (χ1v) is 6.66. The molecule has 0 spiro atoms.